The van der Waals surface area contributed by atoms with Gasteiger partial charge in [0, 0.05) is 37.0 Å². The lowest BCUT2D eigenvalue weighted by atomic mass is 10.0. The average molecular weight is 175 g/mol. The van der Waals surface area contributed by atoms with E-state index in [2.05, 4.69) is 9.88 Å². The second kappa shape index (κ2) is 2.83. The van der Waals surface area contributed by atoms with Gasteiger partial charge in [0.2, 0.25) is 0 Å². The number of rotatable bonds is 0. The molecule has 1 N–H and O–H groups in total. The maximum atomic E-state index is 7.76. The Bertz CT molecular complexity index is 357. The van der Waals surface area contributed by atoms with Gasteiger partial charge in [-0.3, -0.25) is 0 Å². The molecule has 0 atom stereocenters. The Hall–Kier alpha value is -1.38. The Morgan fingerprint density at radius 1 is 1.46 bits per heavy atom. The minimum Gasteiger partial charge on any atom is -0.359 e. The molecule has 1 aliphatic heterocycles. The number of hydrogen-bond acceptors (Lipinski definition) is 3. The molecule has 0 bridgehead atoms. The minimum absolute atomic E-state index is 0.709. The van der Waals surface area contributed by atoms with E-state index in [9.17, 15) is 0 Å². The summed E-state index contributed by atoms with van der Waals surface area (Å²) in [5, 5.41) is 7.76. The third-order valence-corrected chi connectivity index (χ3v) is 2.40. The van der Waals surface area contributed by atoms with Crippen molar-refractivity contribution in [3.05, 3.63) is 23.4 Å². The van der Waals surface area contributed by atoms with Crippen LogP contribution in [-0.2, 0) is 0 Å². The van der Waals surface area contributed by atoms with Crippen LogP contribution in [0.5, 0.6) is 0 Å². The highest BCUT2D eigenvalue weighted by molar-refractivity contribution is 6.04. The van der Waals surface area contributed by atoms with Crippen LogP contribution in [-0.4, -0.2) is 24.3 Å². The van der Waals surface area contributed by atoms with E-state index >= 15 is 0 Å². The molecule has 2 heterocycles. The van der Waals surface area contributed by atoms with Crippen LogP contribution < -0.4 is 4.90 Å². The maximum Gasteiger partial charge on any atom is 0.137 e. The standard InChI is InChI=1S/C10H13N3/c1-7-3-4-8-9(11)5-6-13(2)10(8)12-7/h3-4,11H,5-6H2,1-2H3. The normalized spacial score (nSPS) is 15.8. The highest BCUT2D eigenvalue weighted by Crippen LogP contribution is 2.23. The molecule has 1 aliphatic rings. The van der Waals surface area contributed by atoms with Gasteiger partial charge in [-0.05, 0) is 19.1 Å². The number of hydrogen-bond donors (Lipinski definition) is 1. The van der Waals surface area contributed by atoms with E-state index in [1.807, 2.05) is 26.1 Å². The highest BCUT2D eigenvalue weighted by Gasteiger charge is 2.18. The van der Waals surface area contributed by atoms with Crippen molar-refractivity contribution in [3.63, 3.8) is 0 Å². The first-order valence-corrected chi connectivity index (χ1v) is 4.45. The predicted molar refractivity (Wildman–Crippen MR) is 53.7 cm³/mol. The number of anilines is 1. The number of aryl methyl sites for hydroxylation is 1. The van der Waals surface area contributed by atoms with Crippen LogP contribution in [0.3, 0.4) is 0 Å². The smallest absolute Gasteiger partial charge is 0.137 e. The molecule has 2 rings (SSSR count). The summed E-state index contributed by atoms with van der Waals surface area (Å²) in [6.45, 7) is 2.88. The first kappa shape index (κ1) is 8.23. The summed E-state index contributed by atoms with van der Waals surface area (Å²) < 4.78 is 0. The lowest BCUT2D eigenvalue weighted by Crippen LogP contribution is -2.29. The van der Waals surface area contributed by atoms with Gasteiger partial charge in [0.15, 0.2) is 0 Å². The SMILES string of the molecule is Cc1ccc2c(n1)N(C)CCC2=N. The van der Waals surface area contributed by atoms with Crippen LogP contribution in [0.1, 0.15) is 17.7 Å². The molecular weight excluding hydrogens is 162 g/mol. The lowest BCUT2D eigenvalue weighted by molar-refractivity contribution is 0.864. The number of fused-ring (bicyclic) bond motifs is 1. The molecule has 0 saturated carbocycles. The summed E-state index contributed by atoms with van der Waals surface area (Å²) in [4.78, 5) is 6.54. The zero-order valence-corrected chi connectivity index (χ0v) is 7.96. The van der Waals surface area contributed by atoms with Crippen molar-refractivity contribution >= 4 is 11.5 Å². The van der Waals surface area contributed by atoms with E-state index in [4.69, 9.17) is 5.41 Å². The predicted octanol–water partition coefficient (Wildman–Crippen LogP) is 1.60. The third-order valence-electron chi connectivity index (χ3n) is 2.40. The van der Waals surface area contributed by atoms with Crippen molar-refractivity contribution < 1.29 is 0 Å². The van der Waals surface area contributed by atoms with Gasteiger partial charge in [-0.2, -0.15) is 0 Å². The Kier molecular flexibility index (Phi) is 1.79. The summed E-state index contributed by atoms with van der Waals surface area (Å²) >= 11 is 0. The van der Waals surface area contributed by atoms with Gasteiger partial charge in [0.25, 0.3) is 0 Å². The Morgan fingerprint density at radius 3 is 3.00 bits per heavy atom. The van der Waals surface area contributed by atoms with Crippen LogP contribution in [0, 0.1) is 12.3 Å². The van der Waals surface area contributed by atoms with Crippen molar-refractivity contribution in [3.8, 4) is 0 Å². The molecule has 0 radical (unpaired) electrons. The van der Waals surface area contributed by atoms with Crippen LogP contribution in [0.25, 0.3) is 0 Å². The zero-order chi connectivity index (χ0) is 9.42. The highest BCUT2D eigenvalue weighted by atomic mass is 15.2. The fourth-order valence-electron chi connectivity index (χ4n) is 1.59. The van der Waals surface area contributed by atoms with Crippen LogP contribution >= 0.6 is 0 Å². The Morgan fingerprint density at radius 2 is 2.23 bits per heavy atom. The topological polar surface area (TPSA) is 40.0 Å². The van der Waals surface area contributed by atoms with E-state index < -0.39 is 0 Å². The molecule has 0 aromatic carbocycles. The van der Waals surface area contributed by atoms with Gasteiger partial charge in [-0.1, -0.05) is 0 Å². The minimum atomic E-state index is 0.709. The molecule has 13 heavy (non-hydrogen) atoms. The van der Waals surface area contributed by atoms with E-state index in [1.165, 1.54) is 0 Å². The summed E-state index contributed by atoms with van der Waals surface area (Å²) in [7, 11) is 2.03. The molecule has 3 heteroatoms. The van der Waals surface area contributed by atoms with Gasteiger partial charge in [-0.15, -0.1) is 0 Å². The Labute approximate surface area is 77.9 Å². The zero-order valence-electron chi connectivity index (χ0n) is 7.96. The third kappa shape index (κ3) is 1.30. The number of nitrogens with one attached hydrogen (secondary N) is 1. The number of pyridine rings is 1. The van der Waals surface area contributed by atoms with E-state index in [-0.39, 0.29) is 0 Å². The summed E-state index contributed by atoms with van der Waals surface area (Å²) in [6, 6.07) is 3.96. The molecule has 68 valence electrons. The molecule has 0 fully saturated rings. The molecule has 0 spiro atoms. The van der Waals surface area contributed by atoms with Crippen molar-refractivity contribution in [2.24, 2.45) is 0 Å². The second-order valence-corrected chi connectivity index (χ2v) is 3.47. The molecule has 1 aromatic heterocycles. The summed E-state index contributed by atoms with van der Waals surface area (Å²) in [5.74, 6) is 0.955. The van der Waals surface area contributed by atoms with E-state index in [0.29, 0.717) is 5.71 Å². The van der Waals surface area contributed by atoms with Crippen LogP contribution in [0.4, 0.5) is 5.82 Å². The number of aromatic nitrogens is 1. The fraction of sp³-hybridized carbons (Fsp3) is 0.400. The first-order chi connectivity index (χ1) is 6.18. The second-order valence-electron chi connectivity index (χ2n) is 3.47. The van der Waals surface area contributed by atoms with Crippen molar-refractivity contribution in [1.82, 2.24) is 4.98 Å². The average Bonchev–Trinajstić information content (AvgIpc) is 2.12. The van der Waals surface area contributed by atoms with Crippen molar-refractivity contribution in [2.75, 3.05) is 18.5 Å². The largest absolute Gasteiger partial charge is 0.359 e. The maximum absolute atomic E-state index is 7.76. The molecule has 0 unspecified atom stereocenters. The molecule has 0 aliphatic carbocycles. The van der Waals surface area contributed by atoms with Gasteiger partial charge < -0.3 is 10.3 Å². The van der Waals surface area contributed by atoms with Crippen LogP contribution in [0.2, 0.25) is 0 Å². The summed E-state index contributed by atoms with van der Waals surface area (Å²) in [6.07, 6.45) is 0.828. The first-order valence-electron chi connectivity index (χ1n) is 4.45. The molecule has 0 amide bonds. The quantitative estimate of drug-likeness (QED) is 0.650. The molecule has 1 aromatic rings. The van der Waals surface area contributed by atoms with Gasteiger partial charge in [0.1, 0.15) is 5.82 Å². The van der Waals surface area contributed by atoms with Crippen LogP contribution in [0.15, 0.2) is 12.1 Å². The Balaban J connectivity index is 2.57. The lowest BCUT2D eigenvalue weighted by Gasteiger charge is -2.26. The number of nitrogens with zero attached hydrogens (tertiary/aromatic N) is 2. The molecule has 3 nitrogen and oxygen atoms in total. The van der Waals surface area contributed by atoms with E-state index in [0.717, 1.165) is 30.0 Å². The summed E-state index contributed by atoms with van der Waals surface area (Å²) in [5.41, 5.74) is 2.71. The van der Waals surface area contributed by atoms with E-state index in [1.54, 1.807) is 0 Å². The van der Waals surface area contributed by atoms with Gasteiger partial charge in [-0.25, -0.2) is 4.98 Å². The fourth-order valence-corrected chi connectivity index (χ4v) is 1.59. The van der Waals surface area contributed by atoms with Gasteiger partial charge >= 0.3 is 0 Å². The van der Waals surface area contributed by atoms with Crippen molar-refractivity contribution in [2.45, 2.75) is 13.3 Å². The molecular formula is C10H13N3. The van der Waals surface area contributed by atoms with Gasteiger partial charge in [0.05, 0.1) is 0 Å². The van der Waals surface area contributed by atoms with Crippen molar-refractivity contribution in [1.29, 1.82) is 5.41 Å². The monoisotopic (exact) mass is 175 g/mol. The molecule has 0 saturated heterocycles.